The van der Waals surface area contributed by atoms with E-state index in [1.54, 1.807) is 11.3 Å². The van der Waals surface area contributed by atoms with Crippen LogP contribution in [0.15, 0.2) is 78.9 Å². The predicted octanol–water partition coefficient (Wildman–Crippen LogP) is 6.96. The number of rotatable bonds is 0. The first-order chi connectivity index (χ1) is 16.9. The molecule has 0 unspecified atom stereocenters. The monoisotopic (exact) mass is 462 g/mol. The average Bonchev–Trinajstić information content (AvgIpc) is 3.31. The summed E-state index contributed by atoms with van der Waals surface area (Å²) in [5.41, 5.74) is 6.75. The second kappa shape index (κ2) is 9.46. The van der Waals surface area contributed by atoms with Gasteiger partial charge in [0, 0.05) is 33.4 Å². The van der Waals surface area contributed by atoms with E-state index < -0.39 is 0 Å². The smallest absolute Gasteiger partial charge is 0.0785 e. The molecule has 4 aromatic rings. The SMILES string of the molecule is CC(C)(C)c1cc2cc(c1)C#Cc1ccccc1C#Cc1ccc(s1)C#Cc1ccccc1C#C2. The van der Waals surface area contributed by atoms with Crippen LogP contribution in [0.1, 0.15) is 69.5 Å². The minimum atomic E-state index is -0.0176. The second-order valence-electron chi connectivity index (χ2n) is 9.30. The Balaban J connectivity index is 1.73. The molecule has 0 N–H and O–H groups in total. The minimum absolute atomic E-state index is 0.0176. The van der Waals surface area contributed by atoms with E-state index in [0.29, 0.717) is 0 Å². The first-order valence-electron chi connectivity index (χ1n) is 11.5. The molecule has 1 aromatic heterocycles. The molecule has 0 amide bonds. The lowest BCUT2D eigenvalue weighted by Crippen LogP contribution is -2.11. The third-order valence-electron chi connectivity index (χ3n) is 5.58. The van der Waals surface area contributed by atoms with Crippen molar-refractivity contribution in [1.29, 1.82) is 0 Å². The van der Waals surface area contributed by atoms with Crippen LogP contribution in [-0.2, 0) is 5.41 Å². The fourth-order valence-electron chi connectivity index (χ4n) is 3.62. The molecule has 4 bridgehead atoms. The van der Waals surface area contributed by atoms with Crippen molar-refractivity contribution in [2.75, 3.05) is 0 Å². The van der Waals surface area contributed by atoms with E-state index in [9.17, 15) is 0 Å². The van der Waals surface area contributed by atoms with E-state index in [0.717, 1.165) is 43.1 Å². The van der Waals surface area contributed by atoms with Gasteiger partial charge in [0.15, 0.2) is 0 Å². The Bertz CT molecular complexity index is 1570. The topological polar surface area (TPSA) is 0 Å². The number of benzene rings is 3. The Morgan fingerprint density at radius 3 is 1.29 bits per heavy atom. The number of thiophene rings is 1. The number of fused-ring (bicyclic) bond motifs is 6. The van der Waals surface area contributed by atoms with Crippen LogP contribution in [0.25, 0.3) is 0 Å². The van der Waals surface area contributed by atoms with Gasteiger partial charge in [0.2, 0.25) is 0 Å². The van der Waals surface area contributed by atoms with Gasteiger partial charge < -0.3 is 0 Å². The normalized spacial score (nSPS) is 11.3. The van der Waals surface area contributed by atoms with Crippen molar-refractivity contribution in [2.24, 2.45) is 0 Å². The molecule has 3 aromatic carbocycles. The van der Waals surface area contributed by atoms with Crippen molar-refractivity contribution in [2.45, 2.75) is 26.2 Å². The molecule has 1 aliphatic heterocycles. The molecule has 2 heterocycles. The van der Waals surface area contributed by atoms with Crippen LogP contribution in [0.3, 0.4) is 0 Å². The van der Waals surface area contributed by atoms with Crippen LogP contribution in [-0.4, -0.2) is 0 Å². The van der Waals surface area contributed by atoms with E-state index in [1.165, 1.54) is 5.56 Å². The summed E-state index contributed by atoms with van der Waals surface area (Å²) in [5, 5.41) is 0. The van der Waals surface area contributed by atoms with Gasteiger partial charge in [-0.25, -0.2) is 0 Å². The van der Waals surface area contributed by atoms with Gasteiger partial charge in [-0.05, 0) is 65.6 Å². The fraction of sp³-hybridized carbons (Fsp3) is 0.118. The van der Waals surface area contributed by atoms with Crippen molar-refractivity contribution >= 4 is 11.3 Å². The highest BCUT2D eigenvalue weighted by Crippen LogP contribution is 2.24. The van der Waals surface area contributed by atoms with E-state index in [-0.39, 0.29) is 5.41 Å². The van der Waals surface area contributed by atoms with Gasteiger partial charge in [0.05, 0.1) is 9.75 Å². The molecular weight excluding hydrogens is 440 g/mol. The maximum absolute atomic E-state index is 3.37. The van der Waals surface area contributed by atoms with Crippen molar-refractivity contribution in [3.8, 4) is 47.4 Å². The van der Waals surface area contributed by atoms with Gasteiger partial charge in [-0.2, -0.15) is 0 Å². The standard InChI is InChI=1S/C34H22S/c1-34(2,3)31-23-25-12-14-27-8-4-6-10-29(27)16-18-32-20-21-33(35-32)19-17-30-11-7-5-9-28(30)15-13-26(22-25)24-31/h4-11,20-24H,1-3H3. The third-order valence-corrected chi connectivity index (χ3v) is 6.50. The molecule has 0 aliphatic carbocycles. The highest BCUT2D eigenvalue weighted by atomic mass is 32.1. The molecule has 0 nitrogen and oxygen atoms in total. The first-order valence-corrected chi connectivity index (χ1v) is 12.3. The Kier molecular flexibility index (Phi) is 6.05. The van der Waals surface area contributed by atoms with Crippen molar-refractivity contribution < 1.29 is 0 Å². The molecule has 0 fully saturated rings. The Hall–Kier alpha value is -4.40. The summed E-state index contributed by atoms with van der Waals surface area (Å²) in [6.07, 6.45) is 0. The molecule has 0 saturated carbocycles. The van der Waals surface area contributed by atoms with Gasteiger partial charge >= 0.3 is 0 Å². The van der Waals surface area contributed by atoms with E-state index in [2.05, 4.69) is 86.3 Å². The van der Waals surface area contributed by atoms with Gasteiger partial charge in [0.25, 0.3) is 0 Å². The lowest BCUT2D eigenvalue weighted by molar-refractivity contribution is 0.590. The Labute approximate surface area is 212 Å². The summed E-state index contributed by atoms with van der Waals surface area (Å²) < 4.78 is 0. The summed E-state index contributed by atoms with van der Waals surface area (Å²) in [7, 11) is 0. The molecule has 0 radical (unpaired) electrons. The zero-order valence-electron chi connectivity index (χ0n) is 19.9. The van der Waals surface area contributed by atoms with Gasteiger partial charge in [-0.3, -0.25) is 0 Å². The number of hydrogen-bond acceptors (Lipinski definition) is 1. The Morgan fingerprint density at radius 1 is 0.486 bits per heavy atom. The van der Waals surface area contributed by atoms with E-state index in [1.807, 2.05) is 60.7 Å². The second-order valence-corrected chi connectivity index (χ2v) is 10.4. The summed E-state index contributed by atoms with van der Waals surface area (Å²) >= 11 is 1.60. The third kappa shape index (κ3) is 5.40. The van der Waals surface area contributed by atoms with Gasteiger partial charge in [-0.1, -0.05) is 92.4 Å². The van der Waals surface area contributed by atoms with Gasteiger partial charge in [-0.15, -0.1) is 11.3 Å². The molecular formula is C34H22S. The zero-order valence-corrected chi connectivity index (χ0v) is 20.7. The van der Waals surface area contributed by atoms with Crippen LogP contribution >= 0.6 is 11.3 Å². The molecule has 0 saturated heterocycles. The molecule has 5 rings (SSSR count). The van der Waals surface area contributed by atoms with Crippen LogP contribution in [0.5, 0.6) is 0 Å². The fourth-order valence-corrected chi connectivity index (χ4v) is 4.33. The molecule has 35 heavy (non-hydrogen) atoms. The molecule has 164 valence electrons. The molecule has 1 heteroatoms. The van der Waals surface area contributed by atoms with Crippen molar-refractivity contribution in [1.82, 2.24) is 0 Å². The number of hydrogen-bond donors (Lipinski definition) is 0. The lowest BCUT2D eigenvalue weighted by Gasteiger charge is -2.19. The van der Waals surface area contributed by atoms with E-state index in [4.69, 9.17) is 0 Å². The Morgan fingerprint density at radius 2 is 0.886 bits per heavy atom. The highest BCUT2D eigenvalue weighted by molar-refractivity contribution is 7.13. The maximum atomic E-state index is 3.37. The maximum Gasteiger partial charge on any atom is 0.0785 e. The van der Waals surface area contributed by atoms with E-state index >= 15 is 0 Å². The highest BCUT2D eigenvalue weighted by Gasteiger charge is 2.15. The zero-order chi connectivity index (χ0) is 24.3. The van der Waals surface area contributed by atoms with Gasteiger partial charge in [0.1, 0.15) is 0 Å². The summed E-state index contributed by atoms with van der Waals surface area (Å²) in [5.74, 6) is 26.6. The first kappa shape index (κ1) is 22.4. The van der Waals surface area contributed by atoms with Crippen LogP contribution < -0.4 is 0 Å². The van der Waals surface area contributed by atoms with Crippen molar-refractivity contribution in [3.05, 3.63) is 128 Å². The molecule has 1 aliphatic rings. The summed E-state index contributed by atoms with van der Waals surface area (Å²) in [6, 6.07) is 26.5. The van der Waals surface area contributed by atoms with Crippen LogP contribution in [0, 0.1) is 47.4 Å². The average molecular weight is 463 g/mol. The summed E-state index contributed by atoms with van der Waals surface area (Å²) in [6.45, 7) is 6.63. The summed E-state index contributed by atoms with van der Waals surface area (Å²) in [4.78, 5) is 1.96. The minimum Gasteiger partial charge on any atom is -0.118 e. The molecule has 0 spiro atoms. The lowest BCUT2D eigenvalue weighted by atomic mass is 9.85. The van der Waals surface area contributed by atoms with Crippen LogP contribution in [0.4, 0.5) is 0 Å². The van der Waals surface area contributed by atoms with Crippen molar-refractivity contribution in [3.63, 3.8) is 0 Å². The molecule has 0 atom stereocenters. The largest absolute Gasteiger partial charge is 0.118 e. The quantitative estimate of drug-likeness (QED) is 0.218. The van der Waals surface area contributed by atoms with Crippen LogP contribution in [0.2, 0.25) is 0 Å². The predicted molar refractivity (Wildman–Crippen MR) is 146 cm³/mol.